The number of halogens is 2. The summed E-state index contributed by atoms with van der Waals surface area (Å²) in [6, 6.07) is 17.4. The van der Waals surface area contributed by atoms with Gasteiger partial charge >= 0.3 is 37.9 Å². The van der Waals surface area contributed by atoms with Crippen LogP contribution in [0.15, 0.2) is 48.5 Å². The van der Waals surface area contributed by atoms with Gasteiger partial charge in [0.1, 0.15) is 0 Å². The van der Waals surface area contributed by atoms with E-state index in [2.05, 4.69) is 101 Å². The SMILES string of the molecule is C[SiH]C.C[Si](C)(C)c1cc[cH-]c1.C[Si](C)(C)c1cc[cH-]c1.[Cl][Zr+2][Cl]. The molecule has 0 aliphatic carbocycles. The Hall–Kier alpha value is 0.814. The molecule has 0 fully saturated rings. The standard InChI is InChI=1S/2C8H13Si.C2H7Si.2ClH.Zr/c2*1-9(2,3)8-6-4-5-7-8;1-3-2;;;/h2*4-7H,1-3H3;3H,1-2H3;2*1H;/q2*-1;;;;+4/p-2. The first-order valence-electron chi connectivity index (χ1n) is 8.19. The summed E-state index contributed by atoms with van der Waals surface area (Å²) in [5.74, 6) is 0. The van der Waals surface area contributed by atoms with Crippen molar-refractivity contribution in [3.63, 3.8) is 0 Å². The van der Waals surface area contributed by atoms with E-state index in [9.17, 15) is 0 Å². The van der Waals surface area contributed by atoms with E-state index in [4.69, 9.17) is 17.0 Å². The van der Waals surface area contributed by atoms with Crippen LogP contribution in [0.2, 0.25) is 52.4 Å². The van der Waals surface area contributed by atoms with E-state index in [-0.39, 0.29) is 0 Å². The number of rotatable bonds is 2. The fourth-order valence-corrected chi connectivity index (χ4v) is 4.13. The third kappa shape index (κ3) is 15.1. The molecule has 0 atom stereocenters. The third-order valence-electron chi connectivity index (χ3n) is 3.06. The summed E-state index contributed by atoms with van der Waals surface area (Å²) in [5.41, 5.74) is 0. The van der Waals surface area contributed by atoms with Crippen molar-refractivity contribution in [1.29, 1.82) is 0 Å². The van der Waals surface area contributed by atoms with Crippen LogP contribution in [-0.4, -0.2) is 25.7 Å². The van der Waals surface area contributed by atoms with Gasteiger partial charge in [-0.05, 0) is 0 Å². The quantitative estimate of drug-likeness (QED) is 0.365. The summed E-state index contributed by atoms with van der Waals surface area (Å²) in [5, 5.41) is 3.12. The minimum absolute atomic E-state index is 0.750. The zero-order chi connectivity index (χ0) is 19.2. The second-order valence-corrected chi connectivity index (χ2v) is 22.5. The van der Waals surface area contributed by atoms with Gasteiger partial charge in [-0.3, -0.25) is 0 Å². The molecule has 0 saturated carbocycles. The second-order valence-electron chi connectivity index (χ2n) is 7.50. The van der Waals surface area contributed by atoms with Gasteiger partial charge in [-0.15, -0.1) is 0 Å². The molecule has 0 nitrogen and oxygen atoms in total. The first kappa shape index (κ1) is 27.0. The van der Waals surface area contributed by atoms with Gasteiger partial charge in [0.2, 0.25) is 0 Å². The Morgan fingerprint density at radius 3 is 1.12 bits per heavy atom. The van der Waals surface area contributed by atoms with Crippen LogP contribution < -0.4 is 10.4 Å². The topological polar surface area (TPSA) is 0 Å². The molecule has 0 amide bonds. The van der Waals surface area contributed by atoms with Crippen molar-refractivity contribution >= 4 is 53.1 Å². The van der Waals surface area contributed by atoms with Crippen molar-refractivity contribution in [3.05, 3.63) is 48.5 Å². The first-order chi connectivity index (χ1) is 11.0. The maximum absolute atomic E-state index is 4.93. The Balaban J connectivity index is 0. The second kappa shape index (κ2) is 14.9. The molecule has 24 heavy (non-hydrogen) atoms. The van der Waals surface area contributed by atoms with Crippen LogP contribution in [0.3, 0.4) is 0 Å². The van der Waals surface area contributed by atoms with E-state index in [1.54, 1.807) is 10.4 Å². The zero-order valence-corrected chi connectivity index (χ0v) is 23.6. The van der Waals surface area contributed by atoms with Crippen LogP contribution in [0.1, 0.15) is 0 Å². The molecule has 0 aliphatic rings. The molecule has 2 rings (SSSR count). The molecular formula is C18H33Cl2Si3Zr. The van der Waals surface area contributed by atoms with Crippen molar-refractivity contribution < 1.29 is 20.8 Å². The van der Waals surface area contributed by atoms with E-state index >= 15 is 0 Å². The van der Waals surface area contributed by atoms with Crippen molar-refractivity contribution in [1.82, 2.24) is 0 Å². The van der Waals surface area contributed by atoms with E-state index in [0.717, 1.165) is 9.52 Å². The van der Waals surface area contributed by atoms with Crippen molar-refractivity contribution in [3.8, 4) is 0 Å². The van der Waals surface area contributed by atoms with Crippen LogP contribution in [0.25, 0.3) is 0 Å². The van der Waals surface area contributed by atoms with Gasteiger partial charge in [0, 0.05) is 25.7 Å². The van der Waals surface area contributed by atoms with E-state index < -0.39 is 37.0 Å². The minimum atomic E-state index is -0.981. The molecule has 0 saturated heterocycles. The van der Waals surface area contributed by atoms with Crippen molar-refractivity contribution in [2.24, 2.45) is 0 Å². The summed E-state index contributed by atoms with van der Waals surface area (Å²) in [6.07, 6.45) is 0. The van der Waals surface area contributed by atoms with Crippen LogP contribution in [0.5, 0.6) is 0 Å². The summed E-state index contributed by atoms with van der Waals surface area (Å²) in [6.45, 7) is 18.6. The molecule has 0 spiro atoms. The van der Waals surface area contributed by atoms with E-state index in [0.29, 0.717) is 0 Å². The third-order valence-corrected chi connectivity index (χ3v) is 7.19. The molecule has 2 aromatic rings. The van der Waals surface area contributed by atoms with Gasteiger partial charge in [-0.2, -0.15) is 36.4 Å². The monoisotopic (exact) mass is 493 g/mol. The van der Waals surface area contributed by atoms with Crippen molar-refractivity contribution in [2.75, 3.05) is 0 Å². The normalized spacial score (nSPS) is 10.1. The maximum atomic E-state index is 4.93. The molecule has 0 aliphatic heterocycles. The molecule has 6 heteroatoms. The number of hydrogen-bond acceptors (Lipinski definition) is 0. The number of hydrogen-bond donors (Lipinski definition) is 0. The average molecular weight is 496 g/mol. The van der Waals surface area contributed by atoms with Gasteiger partial charge in [-0.25, -0.2) is 22.5 Å². The molecule has 0 unspecified atom stereocenters. The average Bonchev–Trinajstić information content (AvgIpc) is 3.14. The van der Waals surface area contributed by atoms with E-state index in [1.165, 1.54) is 0 Å². The van der Waals surface area contributed by atoms with Gasteiger partial charge in [0.25, 0.3) is 0 Å². The van der Waals surface area contributed by atoms with Gasteiger partial charge in [0.05, 0.1) is 0 Å². The van der Waals surface area contributed by atoms with E-state index in [1.807, 2.05) is 0 Å². The predicted molar refractivity (Wildman–Crippen MR) is 121 cm³/mol. The fourth-order valence-electron chi connectivity index (χ4n) is 1.75. The molecule has 135 valence electrons. The van der Waals surface area contributed by atoms with Gasteiger partial charge < -0.3 is 0 Å². The summed E-state index contributed by atoms with van der Waals surface area (Å²) in [7, 11) is 8.66. The van der Waals surface area contributed by atoms with Crippen LogP contribution in [-0.2, 0) is 20.8 Å². The Morgan fingerprint density at radius 2 is 1.04 bits per heavy atom. The molecule has 0 aromatic heterocycles. The zero-order valence-electron chi connectivity index (χ0n) is 16.5. The molecule has 1 radical (unpaired) electrons. The van der Waals surface area contributed by atoms with Crippen molar-refractivity contribution in [2.45, 2.75) is 52.4 Å². The van der Waals surface area contributed by atoms with Crippen LogP contribution >= 0.6 is 17.0 Å². The van der Waals surface area contributed by atoms with Crippen LogP contribution in [0, 0.1) is 0 Å². The Labute approximate surface area is 173 Å². The molecule has 0 N–H and O–H groups in total. The summed E-state index contributed by atoms with van der Waals surface area (Å²) < 4.78 is 0. The summed E-state index contributed by atoms with van der Waals surface area (Å²) >= 11 is -0.826. The fraction of sp³-hybridized carbons (Fsp3) is 0.444. The van der Waals surface area contributed by atoms with Gasteiger partial charge in [0.15, 0.2) is 0 Å². The molecule has 0 bridgehead atoms. The summed E-state index contributed by atoms with van der Waals surface area (Å²) in [4.78, 5) is 0. The first-order valence-corrected chi connectivity index (χ1v) is 23.8. The Kier molecular flexibility index (Phi) is 16.8. The Morgan fingerprint density at radius 1 is 0.792 bits per heavy atom. The molecule has 0 heterocycles. The van der Waals surface area contributed by atoms with Gasteiger partial charge in [-0.1, -0.05) is 52.4 Å². The molecule has 2 aromatic carbocycles. The van der Waals surface area contributed by atoms with Crippen LogP contribution in [0.4, 0.5) is 0 Å². The molecular weight excluding hydrogens is 463 g/mol. The predicted octanol–water partition coefficient (Wildman–Crippen LogP) is 5.80. The Bertz CT molecular complexity index is 423.